The first-order valence-electron chi connectivity index (χ1n) is 6.13. The number of rotatable bonds is 7. The second-order valence-electron chi connectivity index (χ2n) is 4.06. The molecule has 0 spiro atoms. The predicted molar refractivity (Wildman–Crippen MR) is 72.8 cm³/mol. The average molecular weight is 256 g/mol. The van der Waals surface area contributed by atoms with Gasteiger partial charge in [0.2, 0.25) is 0 Å². The second-order valence-corrected chi connectivity index (χ2v) is 5.53. The first kappa shape index (κ1) is 14.5. The fourth-order valence-electron chi connectivity index (χ4n) is 1.55. The molecule has 0 bridgehead atoms. The van der Waals surface area contributed by atoms with Gasteiger partial charge >= 0.3 is 0 Å². The van der Waals surface area contributed by atoms with Gasteiger partial charge in [0.1, 0.15) is 5.82 Å². The average Bonchev–Trinajstić information content (AvgIpc) is 2.35. The van der Waals surface area contributed by atoms with Crippen molar-refractivity contribution in [2.45, 2.75) is 38.5 Å². The lowest BCUT2D eigenvalue weighted by atomic mass is 10.1. The van der Waals surface area contributed by atoms with Crippen LogP contribution in [0.15, 0.2) is 18.5 Å². The first-order chi connectivity index (χ1) is 8.19. The van der Waals surface area contributed by atoms with Crippen molar-refractivity contribution in [2.75, 3.05) is 12.3 Å². The Kier molecular flexibility index (Phi) is 6.52. The highest BCUT2D eigenvalue weighted by Crippen LogP contribution is 2.24. The van der Waals surface area contributed by atoms with Crippen LogP contribution in [-0.4, -0.2) is 22.5 Å². The van der Waals surface area contributed by atoms with Gasteiger partial charge in [0.15, 0.2) is 0 Å². The zero-order valence-electron chi connectivity index (χ0n) is 10.7. The number of hydrogen-bond donors (Lipinski definition) is 1. The molecule has 2 unspecified atom stereocenters. The summed E-state index contributed by atoms with van der Waals surface area (Å²) in [7, 11) is 0. The van der Waals surface area contributed by atoms with Crippen molar-refractivity contribution in [3.8, 4) is 0 Å². The normalized spacial score (nSPS) is 14.6. The summed E-state index contributed by atoms with van der Waals surface area (Å²) < 4.78 is 13.7. The largest absolute Gasteiger partial charge is 0.309 e. The van der Waals surface area contributed by atoms with Gasteiger partial charge in [-0.05, 0) is 19.0 Å². The molecular weight excluding hydrogens is 235 g/mol. The smallest absolute Gasteiger partial charge is 0.146 e. The van der Waals surface area contributed by atoms with Crippen LogP contribution in [0.1, 0.15) is 38.8 Å². The van der Waals surface area contributed by atoms with Crippen LogP contribution in [0.3, 0.4) is 0 Å². The minimum absolute atomic E-state index is 0.0713. The van der Waals surface area contributed by atoms with E-state index in [1.54, 1.807) is 12.3 Å². The number of aromatic nitrogens is 1. The third kappa shape index (κ3) is 4.64. The van der Waals surface area contributed by atoms with E-state index < -0.39 is 0 Å². The standard InChI is InChI=1S/C13H21FN2S/c1-4-10(3)17-9-13(16-5-2)11-6-7-15-8-12(11)14/h6-8,10,13,16H,4-5,9H2,1-3H3. The van der Waals surface area contributed by atoms with E-state index >= 15 is 0 Å². The summed E-state index contributed by atoms with van der Waals surface area (Å²) in [5, 5.41) is 3.94. The van der Waals surface area contributed by atoms with Crippen molar-refractivity contribution in [2.24, 2.45) is 0 Å². The summed E-state index contributed by atoms with van der Waals surface area (Å²) in [5.41, 5.74) is 0.720. The minimum Gasteiger partial charge on any atom is -0.309 e. The Hall–Kier alpha value is -0.610. The van der Waals surface area contributed by atoms with Crippen molar-refractivity contribution in [3.05, 3.63) is 29.8 Å². The zero-order valence-corrected chi connectivity index (χ0v) is 11.6. The SMILES string of the molecule is CCNC(CSC(C)CC)c1ccncc1F. The minimum atomic E-state index is -0.219. The van der Waals surface area contributed by atoms with Gasteiger partial charge in [-0.25, -0.2) is 4.39 Å². The van der Waals surface area contributed by atoms with Crippen molar-refractivity contribution in [1.82, 2.24) is 10.3 Å². The summed E-state index contributed by atoms with van der Waals surface area (Å²) in [6, 6.07) is 1.84. The molecule has 0 saturated carbocycles. The van der Waals surface area contributed by atoms with Gasteiger partial charge in [0.05, 0.1) is 6.20 Å². The lowest BCUT2D eigenvalue weighted by molar-refractivity contribution is 0.541. The van der Waals surface area contributed by atoms with Crippen molar-refractivity contribution in [3.63, 3.8) is 0 Å². The van der Waals surface area contributed by atoms with E-state index in [0.717, 1.165) is 24.3 Å². The highest BCUT2D eigenvalue weighted by atomic mass is 32.2. The fourth-order valence-corrected chi connectivity index (χ4v) is 2.61. The third-order valence-electron chi connectivity index (χ3n) is 2.75. The molecule has 2 atom stereocenters. The molecular formula is C13H21FN2S. The van der Waals surface area contributed by atoms with Gasteiger partial charge in [-0.3, -0.25) is 4.98 Å². The molecule has 2 nitrogen and oxygen atoms in total. The van der Waals surface area contributed by atoms with E-state index in [0.29, 0.717) is 5.25 Å². The maximum atomic E-state index is 13.7. The summed E-state index contributed by atoms with van der Waals surface area (Å²) in [5.74, 6) is 0.673. The highest BCUT2D eigenvalue weighted by Gasteiger charge is 2.15. The maximum absolute atomic E-state index is 13.7. The lowest BCUT2D eigenvalue weighted by Crippen LogP contribution is -2.24. The van der Waals surface area contributed by atoms with E-state index in [1.165, 1.54) is 6.20 Å². The molecule has 0 saturated heterocycles. The van der Waals surface area contributed by atoms with Crippen LogP contribution >= 0.6 is 11.8 Å². The molecule has 1 N–H and O–H groups in total. The molecule has 0 aliphatic carbocycles. The topological polar surface area (TPSA) is 24.9 Å². The molecule has 1 rings (SSSR count). The van der Waals surface area contributed by atoms with Crippen LogP contribution < -0.4 is 5.32 Å². The Balaban J connectivity index is 2.68. The number of nitrogens with one attached hydrogen (secondary N) is 1. The molecule has 96 valence electrons. The van der Waals surface area contributed by atoms with Crippen LogP contribution in [0, 0.1) is 5.82 Å². The number of hydrogen-bond acceptors (Lipinski definition) is 3. The molecule has 1 aromatic heterocycles. The number of pyridine rings is 1. The molecule has 0 aliphatic heterocycles. The van der Waals surface area contributed by atoms with Crippen molar-refractivity contribution in [1.29, 1.82) is 0 Å². The number of halogens is 1. The van der Waals surface area contributed by atoms with E-state index in [1.807, 2.05) is 18.7 Å². The van der Waals surface area contributed by atoms with Crippen LogP contribution in [0.2, 0.25) is 0 Å². The third-order valence-corrected chi connectivity index (χ3v) is 4.18. The van der Waals surface area contributed by atoms with Crippen molar-refractivity contribution >= 4 is 11.8 Å². The quantitative estimate of drug-likeness (QED) is 0.809. The lowest BCUT2D eigenvalue weighted by Gasteiger charge is -2.20. The Labute approximate surface area is 107 Å². The van der Waals surface area contributed by atoms with E-state index in [-0.39, 0.29) is 11.9 Å². The highest BCUT2D eigenvalue weighted by molar-refractivity contribution is 7.99. The van der Waals surface area contributed by atoms with Gasteiger partial charge < -0.3 is 5.32 Å². The van der Waals surface area contributed by atoms with E-state index in [9.17, 15) is 4.39 Å². The summed E-state index contributed by atoms with van der Waals surface area (Å²) in [6.45, 7) is 7.26. The monoisotopic (exact) mass is 256 g/mol. The molecule has 4 heteroatoms. The van der Waals surface area contributed by atoms with E-state index in [4.69, 9.17) is 0 Å². The Bertz CT molecular complexity index is 333. The summed E-state index contributed by atoms with van der Waals surface area (Å²) in [4.78, 5) is 3.79. The summed E-state index contributed by atoms with van der Waals surface area (Å²) in [6.07, 6.45) is 4.08. The predicted octanol–water partition coefficient (Wildman–Crippen LogP) is 3.40. The fraction of sp³-hybridized carbons (Fsp3) is 0.615. The van der Waals surface area contributed by atoms with Crippen molar-refractivity contribution < 1.29 is 4.39 Å². The molecule has 0 amide bonds. The van der Waals surface area contributed by atoms with Crippen LogP contribution in [0.4, 0.5) is 4.39 Å². The first-order valence-corrected chi connectivity index (χ1v) is 7.18. The van der Waals surface area contributed by atoms with Gasteiger partial charge in [-0.1, -0.05) is 20.8 Å². The Morgan fingerprint density at radius 1 is 1.47 bits per heavy atom. The van der Waals surface area contributed by atoms with Gasteiger partial charge in [-0.15, -0.1) is 0 Å². The maximum Gasteiger partial charge on any atom is 0.146 e. The number of nitrogens with zero attached hydrogens (tertiary/aromatic N) is 1. The molecule has 17 heavy (non-hydrogen) atoms. The number of thioether (sulfide) groups is 1. The summed E-state index contributed by atoms with van der Waals surface area (Å²) >= 11 is 1.88. The molecule has 1 aromatic rings. The van der Waals surface area contributed by atoms with Crippen LogP contribution in [0.25, 0.3) is 0 Å². The molecule has 0 fully saturated rings. The van der Waals surface area contributed by atoms with Crippen LogP contribution in [-0.2, 0) is 0 Å². The Morgan fingerprint density at radius 2 is 2.24 bits per heavy atom. The van der Waals surface area contributed by atoms with E-state index in [2.05, 4.69) is 24.1 Å². The van der Waals surface area contributed by atoms with Crippen LogP contribution in [0.5, 0.6) is 0 Å². The molecule has 0 aliphatic rings. The Morgan fingerprint density at radius 3 is 2.82 bits per heavy atom. The zero-order chi connectivity index (χ0) is 12.7. The second kappa shape index (κ2) is 7.67. The molecule has 1 heterocycles. The molecule has 0 aromatic carbocycles. The van der Waals surface area contributed by atoms with Gasteiger partial charge in [0, 0.05) is 28.8 Å². The van der Waals surface area contributed by atoms with Gasteiger partial charge in [-0.2, -0.15) is 11.8 Å². The molecule has 0 radical (unpaired) electrons. The van der Waals surface area contributed by atoms with Gasteiger partial charge in [0.25, 0.3) is 0 Å².